The second kappa shape index (κ2) is 7.16. The molecule has 0 saturated carbocycles. The summed E-state index contributed by atoms with van der Waals surface area (Å²) >= 11 is 7.91. The third-order valence-corrected chi connectivity index (χ3v) is 6.22. The topological polar surface area (TPSA) is 38.8 Å². The van der Waals surface area contributed by atoms with Crippen molar-refractivity contribution in [1.29, 1.82) is 0 Å². The molecule has 2 heterocycles. The van der Waals surface area contributed by atoms with Gasteiger partial charge in [-0.2, -0.15) is 0 Å². The number of thioether (sulfide) groups is 1. The van der Waals surface area contributed by atoms with Crippen molar-refractivity contribution in [1.82, 2.24) is 4.90 Å². The van der Waals surface area contributed by atoms with Gasteiger partial charge in [-0.05, 0) is 17.5 Å². The fourth-order valence-corrected chi connectivity index (χ4v) is 4.84. The SMILES string of the molecule is O=C(CSc1cccc2cccc(Cl)c12)N1CCC2(CC1)OCCO2. The van der Waals surface area contributed by atoms with Crippen LogP contribution in [0, 0.1) is 0 Å². The van der Waals surface area contributed by atoms with Gasteiger partial charge in [-0.3, -0.25) is 4.79 Å². The van der Waals surface area contributed by atoms with Gasteiger partial charge >= 0.3 is 0 Å². The number of rotatable bonds is 3. The first-order chi connectivity index (χ1) is 12.2. The standard InChI is InChI=1S/C19H20ClNO3S/c20-15-5-1-3-14-4-2-6-16(18(14)15)25-13-17(22)21-9-7-19(8-10-21)23-11-12-24-19/h1-6H,7-13H2. The number of halogens is 1. The van der Waals surface area contributed by atoms with Crippen molar-refractivity contribution in [2.75, 3.05) is 32.1 Å². The number of likely N-dealkylation sites (tertiary alicyclic amines) is 1. The maximum absolute atomic E-state index is 12.6. The van der Waals surface area contributed by atoms with Gasteiger partial charge in [0.05, 0.1) is 19.0 Å². The highest BCUT2D eigenvalue weighted by Crippen LogP contribution is 2.34. The Bertz CT molecular complexity index is 776. The highest BCUT2D eigenvalue weighted by Gasteiger charge is 2.40. The smallest absolute Gasteiger partial charge is 0.232 e. The minimum atomic E-state index is -0.437. The lowest BCUT2D eigenvalue weighted by Crippen LogP contribution is -2.47. The summed E-state index contributed by atoms with van der Waals surface area (Å²) in [7, 11) is 0. The monoisotopic (exact) mass is 377 g/mol. The molecule has 0 aliphatic carbocycles. The largest absolute Gasteiger partial charge is 0.347 e. The van der Waals surface area contributed by atoms with Gasteiger partial charge < -0.3 is 14.4 Å². The molecule has 2 saturated heterocycles. The van der Waals surface area contributed by atoms with E-state index in [-0.39, 0.29) is 5.91 Å². The number of hydrogen-bond acceptors (Lipinski definition) is 4. The lowest BCUT2D eigenvalue weighted by Gasteiger charge is -2.37. The van der Waals surface area contributed by atoms with Crippen molar-refractivity contribution >= 4 is 40.0 Å². The van der Waals surface area contributed by atoms with E-state index in [1.165, 1.54) is 0 Å². The molecule has 0 bridgehead atoms. The molecule has 2 aromatic carbocycles. The molecule has 2 fully saturated rings. The summed E-state index contributed by atoms with van der Waals surface area (Å²) in [6.45, 7) is 2.70. The van der Waals surface area contributed by atoms with Crippen LogP contribution < -0.4 is 0 Å². The van der Waals surface area contributed by atoms with E-state index < -0.39 is 5.79 Å². The molecule has 0 aromatic heterocycles. The molecule has 0 N–H and O–H groups in total. The number of hydrogen-bond donors (Lipinski definition) is 0. The Morgan fingerprint density at radius 1 is 1.12 bits per heavy atom. The Kier molecular flexibility index (Phi) is 4.91. The van der Waals surface area contributed by atoms with Crippen LogP contribution in [-0.4, -0.2) is 48.7 Å². The van der Waals surface area contributed by atoms with Crippen molar-refractivity contribution in [2.45, 2.75) is 23.5 Å². The fourth-order valence-electron chi connectivity index (χ4n) is 3.50. The van der Waals surface area contributed by atoms with Crippen LogP contribution in [0.5, 0.6) is 0 Å². The van der Waals surface area contributed by atoms with Gasteiger partial charge in [-0.25, -0.2) is 0 Å². The first kappa shape index (κ1) is 17.2. The molecule has 6 heteroatoms. The minimum Gasteiger partial charge on any atom is -0.347 e. The Hall–Kier alpha value is -1.27. The van der Waals surface area contributed by atoms with Crippen molar-refractivity contribution in [3.63, 3.8) is 0 Å². The predicted octanol–water partition coefficient (Wildman–Crippen LogP) is 3.95. The molecule has 2 aliphatic rings. The van der Waals surface area contributed by atoms with Gasteiger partial charge in [0.15, 0.2) is 5.79 Å². The van der Waals surface area contributed by atoms with E-state index in [0.29, 0.717) is 32.1 Å². The van der Waals surface area contributed by atoms with E-state index in [1.54, 1.807) is 11.8 Å². The molecule has 4 nitrogen and oxygen atoms in total. The molecule has 2 aromatic rings. The number of fused-ring (bicyclic) bond motifs is 1. The highest BCUT2D eigenvalue weighted by atomic mass is 35.5. The summed E-state index contributed by atoms with van der Waals surface area (Å²) in [5.41, 5.74) is 0. The van der Waals surface area contributed by atoms with Crippen LogP contribution in [0.15, 0.2) is 41.3 Å². The Labute approximate surface area is 156 Å². The summed E-state index contributed by atoms with van der Waals surface area (Å²) in [6, 6.07) is 11.9. The summed E-state index contributed by atoms with van der Waals surface area (Å²) in [6.07, 6.45) is 1.51. The zero-order valence-electron chi connectivity index (χ0n) is 13.9. The molecule has 1 spiro atoms. The van der Waals surface area contributed by atoms with Gasteiger partial charge in [-0.1, -0.05) is 35.9 Å². The van der Waals surface area contributed by atoms with Gasteiger partial charge in [-0.15, -0.1) is 11.8 Å². The molecule has 0 radical (unpaired) electrons. The highest BCUT2D eigenvalue weighted by molar-refractivity contribution is 8.00. The average Bonchev–Trinajstić information content (AvgIpc) is 3.08. The molecule has 4 rings (SSSR count). The number of benzene rings is 2. The van der Waals surface area contributed by atoms with Crippen LogP contribution >= 0.6 is 23.4 Å². The zero-order valence-corrected chi connectivity index (χ0v) is 15.4. The van der Waals surface area contributed by atoms with Gasteiger partial charge in [0.1, 0.15) is 0 Å². The molecule has 25 heavy (non-hydrogen) atoms. The third kappa shape index (κ3) is 3.51. The summed E-state index contributed by atoms with van der Waals surface area (Å²) in [5.74, 6) is 0.133. The predicted molar refractivity (Wildman–Crippen MR) is 100 cm³/mol. The molecule has 2 aliphatic heterocycles. The number of carbonyl (C=O) groups is 1. The molecule has 0 unspecified atom stereocenters. The Morgan fingerprint density at radius 2 is 1.80 bits per heavy atom. The lowest BCUT2D eigenvalue weighted by molar-refractivity contribution is -0.186. The van der Waals surface area contributed by atoms with Gasteiger partial charge in [0, 0.05) is 41.2 Å². The van der Waals surface area contributed by atoms with E-state index in [1.807, 2.05) is 41.3 Å². The zero-order chi connectivity index (χ0) is 17.3. The van der Waals surface area contributed by atoms with E-state index in [0.717, 1.165) is 33.5 Å². The second-order valence-electron chi connectivity index (χ2n) is 6.37. The molecular weight excluding hydrogens is 358 g/mol. The van der Waals surface area contributed by atoms with Crippen molar-refractivity contribution in [2.24, 2.45) is 0 Å². The molecular formula is C19H20ClNO3S. The average molecular weight is 378 g/mol. The van der Waals surface area contributed by atoms with Crippen LogP contribution in [0.3, 0.4) is 0 Å². The summed E-state index contributed by atoms with van der Waals surface area (Å²) < 4.78 is 11.4. The number of carbonyl (C=O) groups excluding carboxylic acids is 1. The molecule has 1 amide bonds. The van der Waals surface area contributed by atoms with Gasteiger partial charge in [0.25, 0.3) is 0 Å². The maximum Gasteiger partial charge on any atom is 0.232 e. The van der Waals surface area contributed by atoms with Crippen LogP contribution in [0.25, 0.3) is 10.8 Å². The van der Waals surface area contributed by atoms with Crippen LogP contribution in [0.2, 0.25) is 5.02 Å². The number of ether oxygens (including phenoxy) is 2. The maximum atomic E-state index is 12.6. The Balaban J connectivity index is 1.40. The van der Waals surface area contributed by atoms with Crippen molar-refractivity contribution in [3.05, 3.63) is 41.4 Å². The van der Waals surface area contributed by atoms with E-state index in [9.17, 15) is 4.79 Å². The van der Waals surface area contributed by atoms with Crippen molar-refractivity contribution in [3.8, 4) is 0 Å². The third-order valence-electron chi connectivity index (χ3n) is 4.86. The van der Waals surface area contributed by atoms with Crippen molar-refractivity contribution < 1.29 is 14.3 Å². The number of amides is 1. The van der Waals surface area contributed by atoms with Gasteiger partial charge in [0.2, 0.25) is 5.91 Å². The van der Waals surface area contributed by atoms with E-state index in [4.69, 9.17) is 21.1 Å². The summed E-state index contributed by atoms with van der Waals surface area (Å²) in [4.78, 5) is 15.5. The quantitative estimate of drug-likeness (QED) is 0.759. The van der Waals surface area contributed by atoms with E-state index in [2.05, 4.69) is 0 Å². The van der Waals surface area contributed by atoms with Crippen LogP contribution in [0.1, 0.15) is 12.8 Å². The van der Waals surface area contributed by atoms with Crippen LogP contribution in [0.4, 0.5) is 0 Å². The first-order valence-corrected chi connectivity index (χ1v) is 9.89. The molecule has 0 atom stereocenters. The number of piperidine rings is 1. The first-order valence-electron chi connectivity index (χ1n) is 8.53. The minimum absolute atomic E-state index is 0.155. The lowest BCUT2D eigenvalue weighted by atomic mass is 10.0. The van der Waals surface area contributed by atoms with E-state index >= 15 is 0 Å². The normalized spacial score (nSPS) is 19.6. The second-order valence-corrected chi connectivity index (χ2v) is 7.80. The number of nitrogens with zero attached hydrogens (tertiary/aromatic N) is 1. The fraction of sp³-hybridized carbons (Fsp3) is 0.421. The van der Waals surface area contributed by atoms with Crippen LogP contribution in [-0.2, 0) is 14.3 Å². The Morgan fingerprint density at radius 3 is 2.52 bits per heavy atom. The summed E-state index contributed by atoms with van der Waals surface area (Å²) in [5, 5.41) is 2.85. The molecule has 132 valence electrons.